The summed E-state index contributed by atoms with van der Waals surface area (Å²) in [4.78, 5) is 30.8. The quantitative estimate of drug-likeness (QED) is 0.298. The van der Waals surface area contributed by atoms with Gasteiger partial charge in [0.05, 0.1) is 10.7 Å². The van der Waals surface area contributed by atoms with Crippen molar-refractivity contribution in [2.75, 3.05) is 23.9 Å². The molecule has 1 aromatic heterocycles. The van der Waals surface area contributed by atoms with E-state index in [0.29, 0.717) is 16.1 Å². The van der Waals surface area contributed by atoms with Crippen LogP contribution in [0.1, 0.15) is 27.7 Å². The van der Waals surface area contributed by atoms with Crippen LogP contribution >= 0.6 is 34.7 Å². The molecular formula is C26H22Cl2FN5O2S. The maximum atomic E-state index is 13.8. The van der Waals surface area contributed by atoms with Crippen molar-refractivity contribution < 1.29 is 14.0 Å². The molecule has 3 aromatic carbocycles. The smallest absolute Gasteiger partial charge is 0.280 e. The first-order valence-corrected chi connectivity index (χ1v) is 12.7. The van der Waals surface area contributed by atoms with E-state index in [9.17, 15) is 14.0 Å². The zero-order chi connectivity index (χ0) is 26.5. The van der Waals surface area contributed by atoms with Crippen LogP contribution in [-0.4, -0.2) is 35.5 Å². The van der Waals surface area contributed by atoms with Crippen molar-refractivity contribution in [1.82, 2.24) is 14.9 Å². The van der Waals surface area contributed by atoms with Gasteiger partial charge in [0, 0.05) is 36.7 Å². The first-order chi connectivity index (χ1) is 17.7. The fourth-order valence-electron chi connectivity index (χ4n) is 3.68. The lowest BCUT2D eigenvalue weighted by Gasteiger charge is -2.32. The summed E-state index contributed by atoms with van der Waals surface area (Å²) in [5.74, 6) is -1.40. The predicted molar refractivity (Wildman–Crippen MR) is 145 cm³/mol. The van der Waals surface area contributed by atoms with E-state index in [4.69, 9.17) is 23.2 Å². The molecule has 0 aliphatic rings. The van der Waals surface area contributed by atoms with Crippen LogP contribution < -0.4 is 15.1 Å². The van der Waals surface area contributed by atoms with Crippen LogP contribution in [0.25, 0.3) is 0 Å². The Morgan fingerprint density at radius 1 is 1.03 bits per heavy atom. The van der Waals surface area contributed by atoms with E-state index in [1.54, 1.807) is 36.4 Å². The second-order valence-electron chi connectivity index (χ2n) is 8.29. The van der Waals surface area contributed by atoms with Crippen molar-refractivity contribution in [3.63, 3.8) is 0 Å². The minimum Gasteiger partial charge on any atom is -0.378 e. The molecule has 0 aliphatic carbocycles. The average molecular weight is 558 g/mol. The lowest BCUT2D eigenvalue weighted by atomic mass is 10.0. The molecule has 1 heterocycles. The van der Waals surface area contributed by atoms with Gasteiger partial charge in [-0.3, -0.25) is 14.5 Å². The SMILES string of the molecule is CN(C)c1ccc([C@H](C(=O)NCc2ccc(F)cc2)N(C(=O)c2csnn2)c2ccc(Cl)cc2Cl)cc1. The number of halogens is 3. The normalized spacial score (nSPS) is 11.6. The number of benzene rings is 3. The Labute approximate surface area is 227 Å². The van der Waals surface area contributed by atoms with Gasteiger partial charge in [0.15, 0.2) is 5.69 Å². The number of carbonyl (C=O) groups is 2. The molecule has 1 atom stereocenters. The van der Waals surface area contributed by atoms with E-state index >= 15 is 0 Å². The number of hydrogen-bond donors (Lipinski definition) is 1. The Balaban J connectivity index is 1.80. The number of nitrogens with zero attached hydrogens (tertiary/aromatic N) is 4. The van der Waals surface area contributed by atoms with Crippen LogP contribution in [-0.2, 0) is 11.3 Å². The van der Waals surface area contributed by atoms with Gasteiger partial charge in [0.25, 0.3) is 5.91 Å². The topological polar surface area (TPSA) is 78.4 Å². The van der Waals surface area contributed by atoms with Crippen LogP contribution in [0.2, 0.25) is 10.0 Å². The third-order valence-electron chi connectivity index (χ3n) is 5.58. The van der Waals surface area contributed by atoms with E-state index in [-0.39, 0.29) is 28.8 Å². The summed E-state index contributed by atoms with van der Waals surface area (Å²) in [7, 11) is 3.81. The van der Waals surface area contributed by atoms with Crippen LogP contribution in [0.15, 0.2) is 72.1 Å². The maximum Gasteiger partial charge on any atom is 0.280 e. The Morgan fingerprint density at radius 2 is 1.73 bits per heavy atom. The lowest BCUT2D eigenvalue weighted by Crippen LogP contribution is -2.44. The highest BCUT2D eigenvalue weighted by Crippen LogP contribution is 2.36. The molecule has 0 bridgehead atoms. The minimum atomic E-state index is -1.12. The van der Waals surface area contributed by atoms with Gasteiger partial charge in [-0.05, 0) is 65.1 Å². The highest BCUT2D eigenvalue weighted by Gasteiger charge is 2.35. The molecule has 0 radical (unpaired) electrons. The highest BCUT2D eigenvalue weighted by molar-refractivity contribution is 7.03. The molecule has 4 rings (SSSR count). The standard InChI is InChI=1S/C26H22Cl2FN5O2S/c1-33(2)20-10-5-17(6-11-20)24(25(35)30-14-16-3-8-19(29)9-4-16)34(26(36)22-15-37-32-31-22)23-12-7-18(27)13-21(23)28/h3-13,15,24H,14H2,1-2H3,(H,30,35)/t24-/m1/s1. The van der Waals surface area contributed by atoms with Crippen molar-refractivity contribution in [2.24, 2.45) is 0 Å². The first-order valence-electron chi connectivity index (χ1n) is 11.1. The number of aromatic nitrogens is 2. The van der Waals surface area contributed by atoms with E-state index in [2.05, 4.69) is 14.9 Å². The highest BCUT2D eigenvalue weighted by atomic mass is 35.5. The van der Waals surface area contributed by atoms with Gasteiger partial charge in [-0.1, -0.05) is 52.0 Å². The zero-order valence-electron chi connectivity index (χ0n) is 19.9. The molecule has 0 fully saturated rings. The fraction of sp³-hybridized carbons (Fsp3) is 0.154. The third-order valence-corrected chi connectivity index (χ3v) is 6.62. The van der Waals surface area contributed by atoms with E-state index in [1.807, 2.05) is 31.1 Å². The Kier molecular flexibility index (Phi) is 8.38. The Bertz CT molecular complexity index is 1380. The molecule has 4 aromatic rings. The molecule has 0 spiro atoms. The number of carbonyl (C=O) groups excluding carboxylic acids is 2. The number of hydrogen-bond acceptors (Lipinski definition) is 6. The molecular weight excluding hydrogens is 536 g/mol. The minimum absolute atomic E-state index is 0.0669. The molecule has 0 aliphatic heterocycles. The molecule has 0 unspecified atom stereocenters. The van der Waals surface area contributed by atoms with Crippen molar-refractivity contribution in [1.29, 1.82) is 0 Å². The second-order valence-corrected chi connectivity index (χ2v) is 9.75. The molecule has 37 heavy (non-hydrogen) atoms. The number of amides is 2. The Morgan fingerprint density at radius 3 is 2.32 bits per heavy atom. The summed E-state index contributed by atoms with van der Waals surface area (Å²) in [5.41, 5.74) is 2.51. The summed E-state index contributed by atoms with van der Waals surface area (Å²) in [6.45, 7) is 0.125. The number of anilines is 2. The fourth-order valence-corrected chi connectivity index (χ4v) is 4.61. The molecule has 0 saturated heterocycles. The van der Waals surface area contributed by atoms with Gasteiger partial charge in [-0.25, -0.2) is 4.39 Å². The monoisotopic (exact) mass is 557 g/mol. The van der Waals surface area contributed by atoms with Crippen molar-refractivity contribution in [2.45, 2.75) is 12.6 Å². The van der Waals surface area contributed by atoms with E-state index in [0.717, 1.165) is 17.2 Å². The molecule has 7 nitrogen and oxygen atoms in total. The molecule has 2 amide bonds. The summed E-state index contributed by atoms with van der Waals surface area (Å²) >= 11 is 13.7. The molecule has 11 heteroatoms. The summed E-state index contributed by atoms with van der Waals surface area (Å²) < 4.78 is 17.1. The average Bonchev–Trinajstić information content (AvgIpc) is 3.42. The summed E-state index contributed by atoms with van der Waals surface area (Å²) in [6, 6.07) is 16.6. The predicted octanol–water partition coefficient (Wildman–Crippen LogP) is 5.75. The first kappa shape index (κ1) is 26.5. The third kappa shape index (κ3) is 6.25. The number of rotatable bonds is 8. The summed E-state index contributed by atoms with van der Waals surface area (Å²) in [5, 5.41) is 8.85. The van der Waals surface area contributed by atoms with Gasteiger partial charge >= 0.3 is 0 Å². The van der Waals surface area contributed by atoms with Crippen molar-refractivity contribution in [3.05, 3.63) is 105 Å². The molecule has 190 valence electrons. The van der Waals surface area contributed by atoms with E-state index in [1.165, 1.54) is 28.5 Å². The lowest BCUT2D eigenvalue weighted by molar-refractivity contribution is -0.122. The van der Waals surface area contributed by atoms with Crippen LogP contribution in [0.3, 0.4) is 0 Å². The van der Waals surface area contributed by atoms with Gasteiger partial charge in [-0.2, -0.15) is 0 Å². The molecule has 0 saturated carbocycles. The zero-order valence-corrected chi connectivity index (χ0v) is 22.2. The Hall–Kier alpha value is -3.53. The van der Waals surface area contributed by atoms with Gasteiger partial charge in [0.2, 0.25) is 5.91 Å². The van der Waals surface area contributed by atoms with Gasteiger partial charge < -0.3 is 10.2 Å². The molecule has 1 N–H and O–H groups in total. The van der Waals surface area contributed by atoms with Crippen LogP contribution in [0.5, 0.6) is 0 Å². The maximum absolute atomic E-state index is 13.8. The second kappa shape index (κ2) is 11.7. The van der Waals surface area contributed by atoms with Crippen LogP contribution in [0, 0.1) is 5.82 Å². The largest absolute Gasteiger partial charge is 0.378 e. The van der Waals surface area contributed by atoms with Gasteiger partial charge in [-0.15, -0.1) is 5.10 Å². The van der Waals surface area contributed by atoms with Crippen molar-refractivity contribution in [3.8, 4) is 0 Å². The van der Waals surface area contributed by atoms with E-state index < -0.39 is 17.9 Å². The van der Waals surface area contributed by atoms with Crippen LogP contribution in [0.4, 0.5) is 15.8 Å². The van der Waals surface area contributed by atoms with Gasteiger partial charge in [0.1, 0.15) is 11.9 Å². The summed E-state index contributed by atoms with van der Waals surface area (Å²) in [6.07, 6.45) is 0. The van der Waals surface area contributed by atoms with Crippen molar-refractivity contribution >= 4 is 57.9 Å². The number of nitrogens with one attached hydrogen (secondary N) is 1.